The Bertz CT molecular complexity index is 397. The maximum Gasteiger partial charge on any atom is 0.273 e. The molecule has 1 aromatic rings. The lowest BCUT2D eigenvalue weighted by atomic mass is 10.1. The van der Waals surface area contributed by atoms with Crippen LogP contribution in [0.25, 0.3) is 0 Å². The molecule has 102 valence electrons. The average molecular weight is 253 g/mol. The topological polar surface area (TPSA) is 85.8 Å². The van der Waals surface area contributed by atoms with Gasteiger partial charge in [0, 0.05) is 18.6 Å². The predicted octanol–water partition coefficient (Wildman–Crippen LogP) is 0.791. The van der Waals surface area contributed by atoms with Gasteiger partial charge in [-0.05, 0) is 26.2 Å². The van der Waals surface area contributed by atoms with Gasteiger partial charge in [-0.25, -0.2) is 0 Å². The minimum absolute atomic E-state index is 0.235. The molecule has 0 fully saturated rings. The highest BCUT2D eigenvalue weighted by Gasteiger charge is 2.21. The van der Waals surface area contributed by atoms with Gasteiger partial charge in [0.1, 0.15) is 0 Å². The molecule has 0 bridgehead atoms. The van der Waals surface area contributed by atoms with Crippen molar-refractivity contribution in [2.24, 2.45) is 11.7 Å². The van der Waals surface area contributed by atoms with Crippen LogP contribution >= 0.6 is 0 Å². The molecule has 1 aromatic heterocycles. The molecule has 6 nitrogen and oxygen atoms in total. The van der Waals surface area contributed by atoms with Gasteiger partial charge in [-0.1, -0.05) is 19.1 Å². The number of amides is 1. The monoisotopic (exact) mass is 253 g/mol. The molecule has 0 aliphatic heterocycles. The lowest BCUT2D eigenvalue weighted by molar-refractivity contribution is 0.0910. The van der Waals surface area contributed by atoms with Gasteiger partial charge in [0.05, 0.1) is 6.20 Å². The van der Waals surface area contributed by atoms with Crippen LogP contribution in [0, 0.1) is 5.92 Å². The van der Waals surface area contributed by atoms with Gasteiger partial charge >= 0.3 is 0 Å². The second-order valence-electron chi connectivity index (χ2n) is 5.59. The average Bonchev–Trinajstić information content (AvgIpc) is 2.74. The van der Waals surface area contributed by atoms with Crippen molar-refractivity contribution in [1.82, 2.24) is 20.3 Å². The fourth-order valence-corrected chi connectivity index (χ4v) is 1.32. The molecule has 0 spiro atoms. The predicted molar refractivity (Wildman–Crippen MR) is 70.1 cm³/mol. The molecule has 1 heterocycles. The van der Waals surface area contributed by atoms with Gasteiger partial charge in [0.15, 0.2) is 5.69 Å². The van der Waals surface area contributed by atoms with Gasteiger partial charge in [0.2, 0.25) is 0 Å². The van der Waals surface area contributed by atoms with Crippen LogP contribution in [0.15, 0.2) is 6.20 Å². The molecular formula is C12H23N5O. The third-order valence-corrected chi connectivity index (χ3v) is 2.67. The van der Waals surface area contributed by atoms with Gasteiger partial charge in [-0.2, -0.15) is 0 Å². The molecule has 0 aliphatic carbocycles. The first kappa shape index (κ1) is 14.6. The quantitative estimate of drug-likeness (QED) is 0.785. The molecule has 0 aromatic carbocycles. The van der Waals surface area contributed by atoms with Crippen LogP contribution in [0.1, 0.15) is 44.6 Å². The zero-order chi connectivity index (χ0) is 13.8. The number of rotatable bonds is 6. The molecule has 0 unspecified atom stereocenters. The summed E-state index contributed by atoms with van der Waals surface area (Å²) in [6.07, 6.45) is 2.68. The van der Waals surface area contributed by atoms with Crippen LogP contribution < -0.4 is 11.1 Å². The molecule has 18 heavy (non-hydrogen) atoms. The number of hydrogen-bond acceptors (Lipinski definition) is 4. The summed E-state index contributed by atoms with van der Waals surface area (Å²) in [6, 6.07) is 0. The largest absolute Gasteiger partial charge is 0.344 e. The smallest absolute Gasteiger partial charge is 0.273 e. The summed E-state index contributed by atoms with van der Waals surface area (Å²) < 4.78 is 1.70. The van der Waals surface area contributed by atoms with E-state index in [1.807, 2.05) is 13.8 Å². The van der Waals surface area contributed by atoms with Gasteiger partial charge in [0.25, 0.3) is 5.91 Å². The third-order valence-electron chi connectivity index (χ3n) is 2.67. The third kappa shape index (κ3) is 4.44. The summed E-state index contributed by atoms with van der Waals surface area (Å²) in [5, 5.41) is 10.6. The first-order valence-electron chi connectivity index (χ1n) is 6.27. The first-order valence-corrected chi connectivity index (χ1v) is 6.27. The van der Waals surface area contributed by atoms with E-state index in [4.69, 9.17) is 5.73 Å². The minimum Gasteiger partial charge on any atom is -0.344 e. The maximum atomic E-state index is 11.9. The van der Waals surface area contributed by atoms with Crippen molar-refractivity contribution in [2.45, 2.75) is 46.2 Å². The SMILES string of the molecule is CC(C)CCn1cc(C(=O)NC(C)(C)CN)nn1. The highest BCUT2D eigenvalue weighted by atomic mass is 16.2. The maximum absolute atomic E-state index is 11.9. The van der Waals surface area contributed by atoms with Crippen LogP contribution in [0.3, 0.4) is 0 Å². The highest BCUT2D eigenvalue weighted by Crippen LogP contribution is 2.04. The fraction of sp³-hybridized carbons (Fsp3) is 0.750. The van der Waals surface area contributed by atoms with E-state index < -0.39 is 5.54 Å². The van der Waals surface area contributed by atoms with Crippen molar-refractivity contribution >= 4 is 5.91 Å². The molecule has 3 N–H and O–H groups in total. The van der Waals surface area contributed by atoms with Gasteiger partial charge in [-0.3, -0.25) is 9.48 Å². The van der Waals surface area contributed by atoms with Crippen molar-refractivity contribution in [3.63, 3.8) is 0 Å². The number of aryl methyl sites for hydroxylation is 1. The van der Waals surface area contributed by atoms with Crippen molar-refractivity contribution in [1.29, 1.82) is 0 Å². The Labute approximate surface area is 108 Å². The standard InChI is InChI=1S/C12H23N5O/c1-9(2)5-6-17-7-10(15-16-17)11(18)14-12(3,4)8-13/h7,9H,5-6,8,13H2,1-4H3,(H,14,18). The normalized spacial score (nSPS) is 11.9. The van der Waals surface area contributed by atoms with E-state index in [-0.39, 0.29) is 5.91 Å². The van der Waals surface area contributed by atoms with Crippen LogP contribution in [0.5, 0.6) is 0 Å². The van der Waals surface area contributed by atoms with Crippen molar-refractivity contribution in [3.05, 3.63) is 11.9 Å². The molecule has 1 rings (SSSR count). The van der Waals surface area contributed by atoms with E-state index in [2.05, 4.69) is 29.5 Å². The van der Waals surface area contributed by atoms with Crippen LogP contribution in [0.2, 0.25) is 0 Å². The van der Waals surface area contributed by atoms with Gasteiger partial charge in [-0.15, -0.1) is 5.10 Å². The molecule has 0 saturated carbocycles. The van der Waals surface area contributed by atoms with E-state index >= 15 is 0 Å². The van der Waals surface area contributed by atoms with Crippen LogP contribution in [-0.4, -0.2) is 33.0 Å². The number of nitrogens with two attached hydrogens (primary N) is 1. The number of nitrogens with one attached hydrogen (secondary N) is 1. The summed E-state index contributed by atoms with van der Waals surface area (Å²) in [4.78, 5) is 11.9. The van der Waals surface area contributed by atoms with E-state index in [0.717, 1.165) is 13.0 Å². The molecule has 6 heteroatoms. The van der Waals surface area contributed by atoms with E-state index in [1.54, 1.807) is 10.9 Å². The number of nitrogens with zero attached hydrogens (tertiary/aromatic N) is 3. The van der Waals surface area contributed by atoms with Crippen molar-refractivity contribution < 1.29 is 4.79 Å². The lowest BCUT2D eigenvalue weighted by Gasteiger charge is -2.23. The van der Waals surface area contributed by atoms with Crippen LogP contribution in [-0.2, 0) is 6.54 Å². The lowest BCUT2D eigenvalue weighted by Crippen LogP contribution is -2.48. The van der Waals surface area contributed by atoms with Crippen LogP contribution in [0.4, 0.5) is 0 Å². The summed E-state index contributed by atoms with van der Waals surface area (Å²) >= 11 is 0. The summed E-state index contributed by atoms with van der Waals surface area (Å²) in [5.41, 5.74) is 5.46. The summed E-state index contributed by atoms with van der Waals surface area (Å²) in [7, 11) is 0. The molecule has 0 aliphatic rings. The second-order valence-corrected chi connectivity index (χ2v) is 5.59. The van der Waals surface area contributed by atoms with Crippen molar-refractivity contribution in [3.8, 4) is 0 Å². The molecular weight excluding hydrogens is 230 g/mol. The Kier molecular flexibility index (Phi) is 4.84. The Morgan fingerprint density at radius 2 is 2.22 bits per heavy atom. The number of aromatic nitrogens is 3. The molecule has 0 atom stereocenters. The summed E-state index contributed by atoms with van der Waals surface area (Å²) in [5.74, 6) is 0.365. The fourth-order valence-electron chi connectivity index (χ4n) is 1.32. The minimum atomic E-state index is -0.432. The first-order chi connectivity index (χ1) is 8.34. The second kappa shape index (κ2) is 5.95. The number of hydrogen-bond donors (Lipinski definition) is 2. The summed E-state index contributed by atoms with van der Waals surface area (Å²) in [6.45, 7) is 9.18. The molecule has 0 radical (unpaired) electrons. The Morgan fingerprint density at radius 1 is 1.56 bits per heavy atom. The van der Waals surface area contributed by atoms with Crippen molar-refractivity contribution in [2.75, 3.05) is 6.54 Å². The molecule has 1 amide bonds. The van der Waals surface area contributed by atoms with Gasteiger partial charge < -0.3 is 11.1 Å². The Hall–Kier alpha value is -1.43. The zero-order valence-corrected chi connectivity index (χ0v) is 11.6. The zero-order valence-electron chi connectivity index (χ0n) is 11.6. The Balaban J connectivity index is 2.60. The number of carbonyl (C=O) groups is 1. The van der Waals surface area contributed by atoms with E-state index in [1.165, 1.54) is 0 Å². The Morgan fingerprint density at radius 3 is 2.78 bits per heavy atom. The molecule has 0 saturated heterocycles. The van der Waals surface area contributed by atoms with E-state index in [9.17, 15) is 4.79 Å². The highest BCUT2D eigenvalue weighted by molar-refractivity contribution is 5.92. The number of carbonyl (C=O) groups excluding carboxylic acids is 1. The van der Waals surface area contributed by atoms with E-state index in [0.29, 0.717) is 18.2 Å².